The highest BCUT2D eigenvalue weighted by Gasteiger charge is 2.11. The fraction of sp³-hybridized carbons (Fsp3) is 0.455. The van der Waals surface area contributed by atoms with E-state index in [1.807, 2.05) is 0 Å². The summed E-state index contributed by atoms with van der Waals surface area (Å²) in [6.07, 6.45) is 0.676. The quantitative estimate of drug-likeness (QED) is 0.816. The Bertz CT molecular complexity index is 332. The lowest BCUT2D eigenvalue weighted by molar-refractivity contribution is -0.0514. The largest absolute Gasteiger partial charge is 0.490 e. The zero-order chi connectivity index (χ0) is 12.0. The Hall–Kier alpha value is -1.36. The number of halogens is 2. The minimum atomic E-state index is -2.85. The first-order valence-electron chi connectivity index (χ1n) is 5.08. The molecule has 0 saturated carbocycles. The van der Waals surface area contributed by atoms with Gasteiger partial charge in [0.1, 0.15) is 0 Å². The molecule has 0 spiro atoms. The van der Waals surface area contributed by atoms with Crippen LogP contribution >= 0.6 is 0 Å². The third kappa shape index (κ3) is 3.66. The van der Waals surface area contributed by atoms with E-state index in [9.17, 15) is 8.78 Å². The van der Waals surface area contributed by atoms with Gasteiger partial charge in [-0.1, -0.05) is 6.07 Å². The first-order valence-corrected chi connectivity index (χ1v) is 5.08. The van der Waals surface area contributed by atoms with Crippen LogP contribution in [0.5, 0.6) is 11.5 Å². The van der Waals surface area contributed by atoms with E-state index in [0.717, 1.165) is 5.56 Å². The van der Waals surface area contributed by atoms with Crippen molar-refractivity contribution in [1.82, 2.24) is 0 Å². The van der Waals surface area contributed by atoms with Crippen molar-refractivity contribution in [3.63, 3.8) is 0 Å². The summed E-state index contributed by atoms with van der Waals surface area (Å²) in [7, 11) is 0. The van der Waals surface area contributed by atoms with E-state index in [2.05, 4.69) is 4.74 Å². The molecule has 0 saturated heterocycles. The molecule has 0 atom stereocenters. The van der Waals surface area contributed by atoms with Gasteiger partial charge in [-0.05, 0) is 37.6 Å². The number of hydrogen-bond donors (Lipinski definition) is 1. The Labute approximate surface area is 93.2 Å². The van der Waals surface area contributed by atoms with Crippen molar-refractivity contribution in [3.8, 4) is 11.5 Å². The molecule has 1 rings (SSSR count). The van der Waals surface area contributed by atoms with Crippen LogP contribution in [0.25, 0.3) is 0 Å². The van der Waals surface area contributed by atoms with Gasteiger partial charge in [0.05, 0.1) is 6.61 Å². The van der Waals surface area contributed by atoms with Crippen LogP contribution in [-0.4, -0.2) is 19.8 Å². The van der Waals surface area contributed by atoms with E-state index >= 15 is 0 Å². The summed E-state index contributed by atoms with van der Waals surface area (Å²) < 4.78 is 33.8. The molecule has 3 nitrogen and oxygen atoms in total. The molecule has 1 aromatic carbocycles. The zero-order valence-corrected chi connectivity index (χ0v) is 9.08. The molecule has 0 aliphatic heterocycles. The van der Waals surface area contributed by atoms with Gasteiger partial charge in [-0.2, -0.15) is 8.78 Å². The lowest BCUT2D eigenvalue weighted by Crippen LogP contribution is -2.06. The van der Waals surface area contributed by atoms with Gasteiger partial charge in [0, 0.05) is 0 Å². The number of hydrogen-bond acceptors (Lipinski definition) is 3. The molecule has 0 bridgehead atoms. The fourth-order valence-electron chi connectivity index (χ4n) is 1.34. The first kappa shape index (κ1) is 12.7. The van der Waals surface area contributed by atoms with Crippen molar-refractivity contribution >= 4 is 0 Å². The molecular formula is C11H15F2NO2. The van der Waals surface area contributed by atoms with E-state index in [1.165, 1.54) is 6.07 Å². The maximum atomic E-state index is 12.1. The van der Waals surface area contributed by atoms with Crippen LogP contribution in [0.15, 0.2) is 18.2 Å². The molecule has 0 unspecified atom stereocenters. The summed E-state index contributed by atoms with van der Waals surface area (Å²) in [4.78, 5) is 0. The van der Waals surface area contributed by atoms with E-state index in [-0.39, 0.29) is 5.75 Å². The Morgan fingerprint density at radius 1 is 1.31 bits per heavy atom. The molecule has 0 amide bonds. The topological polar surface area (TPSA) is 44.5 Å². The summed E-state index contributed by atoms with van der Waals surface area (Å²) >= 11 is 0. The van der Waals surface area contributed by atoms with Gasteiger partial charge in [0.2, 0.25) is 0 Å². The lowest BCUT2D eigenvalue weighted by Gasteiger charge is -2.12. The van der Waals surface area contributed by atoms with Gasteiger partial charge < -0.3 is 15.2 Å². The molecular weight excluding hydrogens is 216 g/mol. The number of rotatable bonds is 6. The van der Waals surface area contributed by atoms with Gasteiger partial charge in [0.15, 0.2) is 11.5 Å². The van der Waals surface area contributed by atoms with E-state index in [0.29, 0.717) is 25.3 Å². The van der Waals surface area contributed by atoms with Crippen LogP contribution in [0.4, 0.5) is 8.78 Å². The second-order valence-corrected chi connectivity index (χ2v) is 3.13. The van der Waals surface area contributed by atoms with Gasteiger partial charge in [0.25, 0.3) is 0 Å². The van der Waals surface area contributed by atoms with Crippen molar-refractivity contribution < 1.29 is 18.3 Å². The normalized spacial score (nSPS) is 10.6. The van der Waals surface area contributed by atoms with Gasteiger partial charge >= 0.3 is 6.61 Å². The monoisotopic (exact) mass is 231 g/mol. The highest BCUT2D eigenvalue weighted by atomic mass is 19.3. The van der Waals surface area contributed by atoms with Crippen LogP contribution in [0.2, 0.25) is 0 Å². The molecule has 0 aromatic heterocycles. The molecule has 0 heterocycles. The van der Waals surface area contributed by atoms with Crippen LogP contribution in [0, 0.1) is 0 Å². The van der Waals surface area contributed by atoms with Gasteiger partial charge in [-0.3, -0.25) is 0 Å². The molecule has 2 N–H and O–H groups in total. The second kappa shape index (κ2) is 6.27. The predicted octanol–water partition coefficient (Wildman–Crippen LogP) is 2.19. The number of benzene rings is 1. The first-order chi connectivity index (χ1) is 7.67. The Balaban J connectivity index is 2.89. The third-order valence-electron chi connectivity index (χ3n) is 1.96. The second-order valence-electron chi connectivity index (χ2n) is 3.13. The highest BCUT2D eigenvalue weighted by molar-refractivity contribution is 5.43. The molecule has 0 aliphatic carbocycles. The summed E-state index contributed by atoms with van der Waals surface area (Å²) in [5.41, 5.74) is 6.35. The zero-order valence-electron chi connectivity index (χ0n) is 9.08. The third-order valence-corrected chi connectivity index (χ3v) is 1.96. The average molecular weight is 231 g/mol. The molecule has 5 heteroatoms. The summed E-state index contributed by atoms with van der Waals surface area (Å²) in [6, 6.07) is 4.85. The van der Waals surface area contributed by atoms with Crippen LogP contribution < -0.4 is 15.2 Å². The van der Waals surface area contributed by atoms with E-state index < -0.39 is 6.61 Å². The van der Waals surface area contributed by atoms with Crippen molar-refractivity contribution in [2.75, 3.05) is 13.2 Å². The molecule has 90 valence electrons. The van der Waals surface area contributed by atoms with Crippen LogP contribution in [0.3, 0.4) is 0 Å². The van der Waals surface area contributed by atoms with E-state index in [4.69, 9.17) is 10.5 Å². The summed E-state index contributed by atoms with van der Waals surface area (Å²) in [6.45, 7) is -0.173. The average Bonchev–Trinajstić information content (AvgIpc) is 2.22. The summed E-state index contributed by atoms with van der Waals surface area (Å²) in [5, 5.41) is 0. The minimum absolute atomic E-state index is 0.0534. The van der Waals surface area contributed by atoms with Crippen molar-refractivity contribution in [1.29, 1.82) is 0 Å². The van der Waals surface area contributed by atoms with Gasteiger partial charge in [-0.15, -0.1) is 0 Å². The van der Waals surface area contributed by atoms with Crippen molar-refractivity contribution in [3.05, 3.63) is 23.8 Å². The Morgan fingerprint density at radius 2 is 2.06 bits per heavy atom. The smallest absolute Gasteiger partial charge is 0.387 e. The molecule has 0 radical (unpaired) electrons. The fourth-order valence-corrected chi connectivity index (χ4v) is 1.34. The van der Waals surface area contributed by atoms with Crippen LogP contribution in [0.1, 0.15) is 12.5 Å². The highest BCUT2D eigenvalue weighted by Crippen LogP contribution is 2.29. The molecule has 1 aromatic rings. The Morgan fingerprint density at radius 3 is 2.62 bits per heavy atom. The molecule has 0 aliphatic rings. The summed E-state index contributed by atoms with van der Waals surface area (Å²) in [5.74, 6) is 0.381. The Kier molecular flexibility index (Phi) is 4.98. The molecule has 16 heavy (non-hydrogen) atoms. The van der Waals surface area contributed by atoms with E-state index in [1.54, 1.807) is 19.1 Å². The van der Waals surface area contributed by atoms with Gasteiger partial charge in [-0.25, -0.2) is 0 Å². The number of nitrogens with two attached hydrogens (primary N) is 1. The van der Waals surface area contributed by atoms with Crippen molar-refractivity contribution in [2.45, 2.75) is 20.0 Å². The van der Waals surface area contributed by atoms with Crippen LogP contribution in [-0.2, 0) is 6.42 Å². The van der Waals surface area contributed by atoms with Crippen molar-refractivity contribution in [2.24, 2.45) is 5.73 Å². The maximum absolute atomic E-state index is 12.1. The lowest BCUT2D eigenvalue weighted by atomic mass is 10.1. The molecule has 0 fully saturated rings. The number of ether oxygens (including phenoxy) is 2. The SMILES string of the molecule is CCOc1cc(CCN)ccc1OC(F)F. The number of alkyl halides is 2. The predicted molar refractivity (Wildman–Crippen MR) is 57.0 cm³/mol. The minimum Gasteiger partial charge on any atom is -0.490 e. The maximum Gasteiger partial charge on any atom is 0.387 e. The standard InChI is InChI=1S/C11H15F2NO2/c1-2-15-10-7-8(5-6-14)3-4-9(10)16-11(12)13/h3-4,7,11H,2,5-6,14H2,1H3.